The Hall–Kier alpha value is -1.39. The zero-order valence-corrected chi connectivity index (χ0v) is 11.5. The van der Waals surface area contributed by atoms with Crippen molar-refractivity contribution in [2.75, 3.05) is 5.32 Å². The number of rotatable bonds is 3. The van der Waals surface area contributed by atoms with Gasteiger partial charge in [0.05, 0.1) is 0 Å². The summed E-state index contributed by atoms with van der Waals surface area (Å²) in [7, 11) is 0. The summed E-state index contributed by atoms with van der Waals surface area (Å²) in [6.45, 7) is 2.79. The molecule has 0 amide bonds. The molecule has 2 N–H and O–H groups in total. The summed E-state index contributed by atoms with van der Waals surface area (Å²) >= 11 is 3.38. The first-order valence-corrected chi connectivity index (χ1v) is 6.77. The number of anilines is 1. The molecule has 0 bridgehead atoms. The Kier molecular flexibility index (Phi) is 3.30. The van der Waals surface area contributed by atoms with Crippen molar-refractivity contribution in [3.8, 4) is 0 Å². The number of hydrogen-bond acceptors (Lipinski definition) is 3. The second kappa shape index (κ2) is 5.08. The minimum Gasteiger partial charge on any atom is -0.366 e. The molecular weight excluding hydrogens is 290 g/mol. The number of nitrogens with zero attached hydrogens (tertiary/aromatic N) is 1. The van der Waals surface area contributed by atoms with Crippen molar-refractivity contribution in [1.29, 1.82) is 0 Å². The second-order valence-corrected chi connectivity index (χ2v) is 5.34. The van der Waals surface area contributed by atoms with Crippen LogP contribution in [-0.2, 0) is 19.6 Å². The highest BCUT2D eigenvalue weighted by Crippen LogP contribution is 2.18. The lowest BCUT2D eigenvalue weighted by molar-refractivity contribution is 0.764. The molecule has 18 heavy (non-hydrogen) atoms. The van der Waals surface area contributed by atoms with Gasteiger partial charge in [0.15, 0.2) is 0 Å². The molecule has 0 aliphatic carbocycles. The van der Waals surface area contributed by atoms with Crippen molar-refractivity contribution in [1.82, 2.24) is 10.3 Å². The quantitative estimate of drug-likeness (QED) is 0.915. The fourth-order valence-electron chi connectivity index (χ4n) is 2.13. The predicted octanol–water partition coefficient (Wildman–Crippen LogP) is 3.06. The monoisotopic (exact) mass is 303 g/mol. The second-order valence-electron chi connectivity index (χ2n) is 4.42. The summed E-state index contributed by atoms with van der Waals surface area (Å²) in [4.78, 5) is 4.30. The molecule has 0 fully saturated rings. The topological polar surface area (TPSA) is 37.0 Å². The van der Waals surface area contributed by atoms with E-state index in [-0.39, 0.29) is 0 Å². The zero-order valence-electron chi connectivity index (χ0n) is 9.91. The van der Waals surface area contributed by atoms with Crippen molar-refractivity contribution in [2.45, 2.75) is 19.6 Å². The van der Waals surface area contributed by atoms with Crippen molar-refractivity contribution in [3.05, 3.63) is 57.7 Å². The molecule has 2 heterocycles. The van der Waals surface area contributed by atoms with Crippen LogP contribution in [-0.4, -0.2) is 4.98 Å². The Bertz CT molecular complexity index is 551. The lowest BCUT2D eigenvalue weighted by atomic mass is 10.1. The largest absolute Gasteiger partial charge is 0.366 e. The molecule has 92 valence electrons. The van der Waals surface area contributed by atoms with Gasteiger partial charge < -0.3 is 10.6 Å². The van der Waals surface area contributed by atoms with Crippen molar-refractivity contribution in [3.63, 3.8) is 0 Å². The summed E-state index contributed by atoms with van der Waals surface area (Å²) in [6, 6.07) is 10.6. The average Bonchev–Trinajstić information content (AvgIpc) is 2.85. The minimum atomic E-state index is 0.807. The predicted molar refractivity (Wildman–Crippen MR) is 76.2 cm³/mol. The number of aromatic nitrogens is 1. The number of nitrogens with one attached hydrogen (secondary N) is 2. The molecule has 1 aliphatic rings. The summed E-state index contributed by atoms with van der Waals surface area (Å²) in [5.41, 5.74) is 4.13. The SMILES string of the molecule is Brc1ccc(NCc2ccc3c(c2)CNC3)nc1. The zero-order chi connectivity index (χ0) is 12.4. The Morgan fingerprint density at radius 2 is 2.06 bits per heavy atom. The maximum Gasteiger partial charge on any atom is 0.126 e. The van der Waals surface area contributed by atoms with E-state index in [1.807, 2.05) is 12.1 Å². The van der Waals surface area contributed by atoms with Crippen LogP contribution in [0, 0.1) is 0 Å². The molecule has 1 aromatic carbocycles. The van der Waals surface area contributed by atoms with Gasteiger partial charge in [0.25, 0.3) is 0 Å². The molecule has 0 radical (unpaired) electrons. The van der Waals surface area contributed by atoms with Gasteiger partial charge in [-0.3, -0.25) is 0 Å². The summed E-state index contributed by atoms with van der Waals surface area (Å²) in [5, 5.41) is 6.68. The molecule has 0 atom stereocenters. The van der Waals surface area contributed by atoms with E-state index in [4.69, 9.17) is 0 Å². The molecule has 4 heteroatoms. The standard InChI is InChI=1S/C14H14BrN3/c15-13-3-4-14(18-9-13)17-6-10-1-2-11-7-16-8-12(11)5-10/h1-5,9,16H,6-8H2,(H,17,18). The number of pyridine rings is 1. The van der Waals surface area contributed by atoms with Gasteiger partial charge in [-0.1, -0.05) is 18.2 Å². The van der Waals surface area contributed by atoms with Crippen LogP contribution in [0.1, 0.15) is 16.7 Å². The smallest absolute Gasteiger partial charge is 0.126 e. The fraction of sp³-hybridized carbons (Fsp3) is 0.214. The molecule has 3 nitrogen and oxygen atoms in total. The van der Waals surface area contributed by atoms with E-state index in [1.54, 1.807) is 6.20 Å². The van der Waals surface area contributed by atoms with Gasteiger partial charge in [0.2, 0.25) is 0 Å². The molecule has 0 saturated heterocycles. The van der Waals surface area contributed by atoms with Gasteiger partial charge in [-0.25, -0.2) is 4.98 Å². The Morgan fingerprint density at radius 1 is 1.17 bits per heavy atom. The molecular formula is C14H14BrN3. The van der Waals surface area contributed by atoms with E-state index in [0.29, 0.717) is 0 Å². The molecule has 2 aromatic rings. The number of halogens is 1. The van der Waals surface area contributed by atoms with E-state index < -0.39 is 0 Å². The maximum atomic E-state index is 4.30. The molecule has 0 unspecified atom stereocenters. The highest BCUT2D eigenvalue weighted by molar-refractivity contribution is 9.10. The summed E-state index contributed by atoms with van der Waals surface area (Å²) in [5.74, 6) is 0.900. The Balaban J connectivity index is 1.68. The first-order valence-electron chi connectivity index (χ1n) is 5.98. The van der Waals surface area contributed by atoms with Crippen molar-refractivity contribution >= 4 is 21.7 Å². The molecule has 3 rings (SSSR count). The van der Waals surface area contributed by atoms with Crippen LogP contribution in [0.3, 0.4) is 0 Å². The van der Waals surface area contributed by atoms with Crippen LogP contribution in [0.25, 0.3) is 0 Å². The summed E-state index contributed by atoms with van der Waals surface area (Å²) < 4.78 is 0.997. The van der Waals surface area contributed by atoms with Gasteiger partial charge in [-0.05, 0) is 44.8 Å². The third kappa shape index (κ3) is 2.54. The van der Waals surface area contributed by atoms with Gasteiger partial charge >= 0.3 is 0 Å². The van der Waals surface area contributed by atoms with E-state index in [9.17, 15) is 0 Å². The third-order valence-corrected chi connectivity index (χ3v) is 3.57. The van der Waals surface area contributed by atoms with Gasteiger partial charge in [0.1, 0.15) is 5.82 Å². The first-order chi connectivity index (χ1) is 8.81. The first kappa shape index (κ1) is 11.7. The van der Waals surface area contributed by atoms with Gasteiger partial charge in [-0.15, -0.1) is 0 Å². The number of hydrogen-bond donors (Lipinski definition) is 2. The number of fused-ring (bicyclic) bond motifs is 1. The van der Waals surface area contributed by atoms with Crippen LogP contribution < -0.4 is 10.6 Å². The fourth-order valence-corrected chi connectivity index (χ4v) is 2.37. The van der Waals surface area contributed by atoms with Crippen LogP contribution in [0.5, 0.6) is 0 Å². The van der Waals surface area contributed by atoms with Crippen LogP contribution in [0.2, 0.25) is 0 Å². The molecule has 1 aromatic heterocycles. The van der Waals surface area contributed by atoms with Gasteiger partial charge in [-0.2, -0.15) is 0 Å². The van der Waals surface area contributed by atoms with E-state index >= 15 is 0 Å². The van der Waals surface area contributed by atoms with E-state index in [2.05, 4.69) is 49.7 Å². The lowest BCUT2D eigenvalue weighted by Gasteiger charge is -2.07. The highest BCUT2D eigenvalue weighted by Gasteiger charge is 2.09. The van der Waals surface area contributed by atoms with E-state index in [1.165, 1.54) is 16.7 Å². The van der Waals surface area contributed by atoms with E-state index in [0.717, 1.165) is 29.9 Å². The third-order valence-electron chi connectivity index (χ3n) is 3.10. The Labute approximate surface area is 115 Å². The molecule has 0 spiro atoms. The average molecular weight is 304 g/mol. The highest BCUT2D eigenvalue weighted by atomic mass is 79.9. The van der Waals surface area contributed by atoms with Crippen LogP contribution in [0.15, 0.2) is 41.0 Å². The molecule has 0 saturated carbocycles. The molecule has 1 aliphatic heterocycles. The number of benzene rings is 1. The van der Waals surface area contributed by atoms with Crippen LogP contribution in [0.4, 0.5) is 5.82 Å². The summed E-state index contributed by atoms with van der Waals surface area (Å²) in [6.07, 6.45) is 1.80. The Morgan fingerprint density at radius 3 is 2.89 bits per heavy atom. The maximum absolute atomic E-state index is 4.30. The normalized spacial score (nSPS) is 13.4. The van der Waals surface area contributed by atoms with Crippen molar-refractivity contribution < 1.29 is 0 Å². The van der Waals surface area contributed by atoms with Crippen molar-refractivity contribution in [2.24, 2.45) is 0 Å². The van der Waals surface area contributed by atoms with Crippen LogP contribution >= 0.6 is 15.9 Å². The minimum absolute atomic E-state index is 0.807. The lowest BCUT2D eigenvalue weighted by Crippen LogP contribution is -2.02. The van der Waals surface area contributed by atoms with Gasteiger partial charge in [0, 0.05) is 30.3 Å².